The minimum absolute atomic E-state index is 0.214. The van der Waals surface area contributed by atoms with E-state index in [0.717, 1.165) is 12.4 Å². The van der Waals surface area contributed by atoms with E-state index in [2.05, 4.69) is 9.97 Å². The average molecular weight is 284 g/mol. The molecule has 0 aliphatic carbocycles. The van der Waals surface area contributed by atoms with Gasteiger partial charge in [-0.25, -0.2) is 9.97 Å². The second-order valence-electron chi connectivity index (χ2n) is 4.19. The number of aromatic nitrogens is 2. The Labute approximate surface area is 113 Å². The Hall–Kier alpha value is -2.30. The number of terminal acetylenes is 1. The van der Waals surface area contributed by atoms with Crippen molar-refractivity contribution >= 4 is 11.9 Å². The third-order valence-electron chi connectivity index (χ3n) is 2.94. The number of amides is 1. The molecule has 0 N–H and O–H groups in total. The molecule has 5 nitrogen and oxygen atoms in total. The van der Waals surface area contributed by atoms with Crippen molar-refractivity contribution < 1.29 is 18.0 Å². The zero-order valence-corrected chi connectivity index (χ0v) is 10.4. The molecular formula is C12H11F3N4O. The SMILES string of the molecule is C#CC(=O)N1CCN(c2ncc(C(F)(F)F)cn2)CC1. The van der Waals surface area contributed by atoms with Gasteiger partial charge in [0.2, 0.25) is 5.95 Å². The number of rotatable bonds is 1. The van der Waals surface area contributed by atoms with Gasteiger partial charge in [0.1, 0.15) is 0 Å². The number of hydrogen-bond donors (Lipinski definition) is 0. The zero-order valence-electron chi connectivity index (χ0n) is 10.4. The van der Waals surface area contributed by atoms with Crippen LogP contribution in [0.2, 0.25) is 0 Å². The van der Waals surface area contributed by atoms with Gasteiger partial charge >= 0.3 is 6.18 Å². The van der Waals surface area contributed by atoms with Gasteiger partial charge < -0.3 is 9.80 Å². The second-order valence-corrected chi connectivity index (χ2v) is 4.19. The van der Waals surface area contributed by atoms with Gasteiger partial charge in [0.15, 0.2) is 0 Å². The fourth-order valence-corrected chi connectivity index (χ4v) is 1.83. The van der Waals surface area contributed by atoms with E-state index in [1.54, 1.807) is 4.90 Å². The first-order valence-electron chi connectivity index (χ1n) is 5.81. The molecule has 0 saturated carbocycles. The van der Waals surface area contributed by atoms with Crippen molar-refractivity contribution in [1.29, 1.82) is 0 Å². The van der Waals surface area contributed by atoms with E-state index in [4.69, 9.17) is 6.42 Å². The predicted octanol–water partition coefficient (Wildman–Crippen LogP) is 0.777. The van der Waals surface area contributed by atoms with Crippen LogP contribution in [0.1, 0.15) is 5.56 Å². The molecule has 1 fully saturated rings. The second kappa shape index (κ2) is 5.36. The van der Waals surface area contributed by atoms with Gasteiger partial charge in [-0.2, -0.15) is 13.2 Å². The van der Waals surface area contributed by atoms with Gasteiger partial charge in [0, 0.05) is 38.6 Å². The zero-order chi connectivity index (χ0) is 14.8. The van der Waals surface area contributed by atoms with Crippen LogP contribution in [-0.2, 0) is 11.0 Å². The molecule has 0 radical (unpaired) electrons. The minimum Gasteiger partial charge on any atom is -0.337 e. The van der Waals surface area contributed by atoms with Crippen molar-refractivity contribution in [3.63, 3.8) is 0 Å². The topological polar surface area (TPSA) is 49.3 Å². The van der Waals surface area contributed by atoms with Crippen LogP contribution in [0.3, 0.4) is 0 Å². The van der Waals surface area contributed by atoms with Gasteiger partial charge in [-0.3, -0.25) is 4.79 Å². The van der Waals surface area contributed by atoms with Crippen molar-refractivity contribution in [2.24, 2.45) is 0 Å². The summed E-state index contributed by atoms with van der Waals surface area (Å²) in [6.45, 7) is 1.65. The lowest BCUT2D eigenvalue weighted by atomic mass is 10.3. The number of hydrogen-bond acceptors (Lipinski definition) is 4. The lowest BCUT2D eigenvalue weighted by Gasteiger charge is -2.33. The summed E-state index contributed by atoms with van der Waals surface area (Å²) in [7, 11) is 0. The average Bonchev–Trinajstić information content (AvgIpc) is 2.46. The molecule has 1 aliphatic rings. The summed E-state index contributed by atoms with van der Waals surface area (Å²) in [5.74, 6) is 1.85. The van der Waals surface area contributed by atoms with Crippen LogP contribution in [-0.4, -0.2) is 47.0 Å². The van der Waals surface area contributed by atoms with E-state index in [0.29, 0.717) is 26.2 Å². The first-order chi connectivity index (χ1) is 9.41. The standard InChI is InChI=1S/C12H11F3N4O/c1-2-10(20)18-3-5-19(6-4-18)11-16-7-9(8-17-11)12(13,14)15/h1,7-8H,3-6H2. The van der Waals surface area contributed by atoms with Crippen molar-refractivity contribution in [1.82, 2.24) is 14.9 Å². The molecule has 2 rings (SSSR count). The van der Waals surface area contributed by atoms with E-state index < -0.39 is 17.6 Å². The summed E-state index contributed by atoms with van der Waals surface area (Å²) in [5.41, 5.74) is -0.887. The Balaban J connectivity index is 2.01. The highest BCUT2D eigenvalue weighted by Crippen LogP contribution is 2.28. The van der Waals surface area contributed by atoms with Crippen LogP contribution in [0.5, 0.6) is 0 Å². The van der Waals surface area contributed by atoms with Crippen LogP contribution < -0.4 is 4.90 Å². The molecule has 20 heavy (non-hydrogen) atoms. The molecule has 0 bridgehead atoms. The number of carbonyl (C=O) groups is 1. The molecular weight excluding hydrogens is 273 g/mol. The number of alkyl halides is 3. The smallest absolute Gasteiger partial charge is 0.337 e. The van der Waals surface area contributed by atoms with E-state index in [1.807, 2.05) is 5.92 Å². The largest absolute Gasteiger partial charge is 0.419 e. The molecule has 1 aromatic rings. The Bertz CT molecular complexity index is 527. The number of piperazine rings is 1. The Kier molecular flexibility index (Phi) is 3.79. The van der Waals surface area contributed by atoms with Gasteiger partial charge in [-0.1, -0.05) is 0 Å². The lowest BCUT2D eigenvalue weighted by Crippen LogP contribution is -2.49. The van der Waals surface area contributed by atoms with E-state index >= 15 is 0 Å². The molecule has 1 amide bonds. The van der Waals surface area contributed by atoms with E-state index in [9.17, 15) is 18.0 Å². The summed E-state index contributed by atoms with van der Waals surface area (Å²) < 4.78 is 37.2. The third-order valence-corrected chi connectivity index (χ3v) is 2.94. The minimum atomic E-state index is -4.45. The third kappa shape index (κ3) is 2.99. The normalized spacial score (nSPS) is 15.9. The molecule has 8 heteroatoms. The molecule has 106 valence electrons. The number of anilines is 1. The fourth-order valence-electron chi connectivity index (χ4n) is 1.83. The van der Waals surface area contributed by atoms with E-state index in [-0.39, 0.29) is 5.95 Å². The van der Waals surface area contributed by atoms with E-state index in [1.165, 1.54) is 4.90 Å². The van der Waals surface area contributed by atoms with Crippen LogP contribution >= 0.6 is 0 Å². The molecule has 1 aliphatic heterocycles. The molecule has 0 unspecified atom stereocenters. The summed E-state index contributed by atoms with van der Waals surface area (Å²) in [6, 6.07) is 0. The highest BCUT2D eigenvalue weighted by Gasteiger charge is 2.31. The van der Waals surface area contributed by atoms with Crippen molar-refractivity contribution in [2.75, 3.05) is 31.1 Å². The maximum Gasteiger partial charge on any atom is 0.419 e. The lowest BCUT2D eigenvalue weighted by molar-refractivity contribution is -0.138. The van der Waals surface area contributed by atoms with Crippen LogP contribution in [0, 0.1) is 12.3 Å². The van der Waals surface area contributed by atoms with Gasteiger partial charge in [0.25, 0.3) is 5.91 Å². The van der Waals surface area contributed by atoms with Crippen LogP contribution in [0.15, 0.2) is 12.4 Å². The summed E-state index contributed by atoms with van der Waals surface area (Å²) in [6.07, 6.45) is 2.07. The van der Waals surface area contributed by atoms with Gasteiger partial charge in [-0.15, -0.1) is 6.42 Å². The Morgan fingerprint density at radius 1 is 1.20 bits per heavy atom. The predicted molar refractivity (Wildman–Crippen MR) is 64.7 cm³/mol. The maximum absolute atomic E-state index is 12.4. The number of carbonyl (C=O) groups excluding carboxylic acids is 1. The Morgan fingerprint density at radius 3 is 2.20 bits per heavy atom. The summed E-state index contributed by atoms with van der Waals surface area (Å²) in [4.78, 5) is 21.9. The molecule has 1 aromatic heterocycles. The fraction of sp³-hybridized carbons (Fsp3) is 0.417. The Morgan fingerprint density at radius 2 is 1.75 bits per heavy atom. The first-order valence-corrected chi connectivity index (χ1v) is 5.81. The summed E-state index contributed by atoms with van der Waals surface area (Å²) >= 11 is 0. The van der Waals surface area contributed by atoms with Crippen molar-refractivity contribution in [2.45, 2.75) is 6.18 Å². The summed E-state index contributed by atoms with van der Waals surface area (Å²) in [5, 5.41) is 0. The van der Waals surface area contributed by atoms with Crippen molar-refractivity contribution in [3.8, 4) is 12.3 Å². The molecule has 0 aromatic carbocycles. The highest BCUT2D eigenvalue weighted by molar-refractivity contribution is 5.93. The van der Waals surface area contributed by atoms with Gasteiger partial charge in [0.05, 0.1) is 5.56 Å². The molecule has 2 heterocycles. The van der Waals surface area contributed by atoms with Crippen LogP contribution in [0.25, 0.3) is 0 Å². The molecule has 1 saturated heterocycles. The quantitative estimate of drug-likeness (QED) is 0.715. The number of halogens is 3. The highest BCUT2D eigenvalue weighted by atomic mass is 19.4. The van der Waals surface area contributed by atoms with Crippen LogP contribution in [0.4, 0.5) is 19.1 Å². The molecule has 0 spiro atoms. The monoisotopic (exact) mass is 284 g/mol. The van der Waals surface area contributed by atoms with Gasteiger partial charge in [-0.05, 0) is 5.92 Å². The maximum atomic E-state index is 12.4. The first kappa shape index (κ1) is 14.1. The molecule has 0 atom stereocenters. The number of nitrogens with zero attached hydrogens (tertiary/aromatic N) is 4. The van der Waals surface area contributed by atoms with Crippen molar-refractivity contribution in [3.05, 3.63) is 18.0 Å².